The van der Waals surface area contributed by atoms with Gasteiger partial charge in [0.05, 0.1) is 6.10 Å². The third kappa shape index (κ3) is 3.05. The van der Waals surface area contributed by atoms with Crippen molar-refractivity contribution in [1.29, 1.82) is 0 Å². The molecule has 0 bridgehead atoms. The highest BCUT2D eigenvalue weighted by Gasteiger charge is 2.07. The molecular weight excluding hydrogens is 164 g/mol. The van der Waals surface area contributed by atoms with E-state index in [0.29, 0.717) is 6.54 Å². The van der Waals surface area contributed by atoms with Crippen molar-refractivity contribution < 1.29 is 5.11 Å². The van der Waals surface area contributed by atoms with Gasteiger partial charge in [0.2, 0.25) is 0 Å². The van der Waals surface area contributed by atoms with E-state index in [0.717, 1.165) is 11.3 Å². The molecule has 0 aromatic heterocycles. The quantitative estimate of drug-likeness (QED) is 0.678. The summed E-state index contributed by atoms with van der Waals surface area (Å²) in [5.74, 6) is 0. The van der Waals surface area contributed by atoms with E-state index in [9.17, 15) is 5.11 Å². The number of likely N-dealkylation sites (N-methyl/N-ethyl adjacent to an activating group) is 1. The van der Waals surface area contributed by atoms with E-state index in [-0.39, 0.29) is 0 Å². The van der Waals surface area contributed by atoms with Crippen LogP contribution >= 0.6 is 0 Å². The van der Waals surface area contributed by atoms with Gasteiger partial charge in [0, 0.05) is 12.2 Å². The first kappa shape index (κ1) is 10.0. The van der Waals surface area contributed by atoms with Crippen LogP contribution in [0.1, 0.15) is 11.7 Å². The fourth-order valence-corrected chi connectivity index (χ4v) is 1.17. The number of nitrogens with zero attached hydrogens (tertiary/aromatic N) is 1. The first-order valence-corrected chi connectivity index (χ1v) is 4.28. The molecule has 0 heterocycles. The maximum absolute atomic E-state index is 9.70. The Morgan fingerprint density at radius 2 is 1.85 bits per heavy atom. The summed E-state index contributed by atoms with van der Waals surface area (Å²) in [6.07, 6.45) is -0.435. The Morgan fingerprint density at radius 1 is 1.31 bits per heavy atom. The zero-order valence-electron chi connectivity index (χ0n) is 8.07. The van der Waals surface area contributed by atoms with Gasteiger partial charge in [-0.2, -0.15) is 0 Å². The highest BCUT2D eigenvalue weighted by atomic mass is 16.3. The van der Waals surface area contributed by atoms with Crippen LogP contribution in [0.4, 0.5) is 5.69 Å². The molecule has 0 radical (unpaired) electrons. The minimum absolute atomic E-state index is 0.435. The molecule has 1 rings (SSSR count). The number of hydrogen-bond acceptors (Lipinski definition) is 3. The van der Waals surface area contributed by atoms with Gasteiger partial charge in [-0.3, -0.25) is 0 Å². The molecule has 0 aliphatic carbocycles. The molecule has 0 spiro atoms. The van der Waals surface area contributed by atoms with Gasteiger partial charge in [-0.05, 0) is 31.8 Å². The predicted molar refractivity (Wildman–Crippen MR) is 54.4 cm³/mol. The minimum atomic E-state index is -0.435. The molecule has 1 aromatic rings. The molecule has 3 nitrogen and oxygen atoms in total. The van der Waals surface area contributed by atoms with E-state index >= 15 is 0 Å². The van der Waals surface area contributed by atoms with E-state index < -0.39 is 6.10 Å². The number of aliphatic hydroxyl groups excluding tert-OH is 1. The van der Waals surface area contributed by atoms with Crippen molar-refractivity contribution in [3.63, 3.8) is 0 Å². The predicted octanol–water partition coefficient (Wildman–Crippen LogP) is 0.864. The van der Waals surface area contributed by atoms with Gasteiger partial charge in [0.25, 0.3) is 0 Å². The Bertz CT molecular complexity index is 256. The van der Waals surface area contributed by atoms with Gasteiger partial charge in [-0.25, -0.2) is 0 Å². The second kappa shape index (κ2) is 4.25. The van der Waals surface area contributed by atoms with Crippen molar-refractivity contribution in [1.82, 2.24) is 4.90 Å². The lowest BCUT2D eigenvalue weighted by atomic mass is 10.1. The van der Waals surface area contributed by atoms with Crippen LogP contribution in [0.5, 0.6) is 0 Å². The first-order chi connectivity index (χ1) is 6.09. The number of nitrogen functional groups attached to an aromatic ring is 1. The van der Waals surface area contributed by atoms with Crippen LogP contribution in [0.15, 0.2) is 24.3 Å². The van der Waals surface area contributed by atoms with Gasteiger partial charge in [0.15, 0.2) is 0 Å². The molecule has 0 aliphatic rings. The van der Waals surface area contributed by atoms with E-state index in [1.807, 2.05) is 31.1 Å². The van der Waals surface area contributed by atoms with Crippen LogP contribution in [0, 0.1) is 0 Å². The molecule has 0 fully saturated rings. The van der Waals surface area contributed by atoms with Crippen LogP contribution < -0.4 is 5.73 Å². The Labute approximate surface area is 78.8 Å². The van der Waals surface area contributed by atoms with Crippen molar-refractivity contribution in [2.24, 2.45) is 0 Å². The molecule has 3 heteroatoms. The molecule has 1 atom stereocenters. The van der Waals surface area contributed by atoms with Crippen LogP contribution in [-0.4, -0.2) is 30.6 Å². The van der Waals surface area contributed by atoms with Gasteiger partial charge < -0.3 is 15.7 Å². The van der Waals surface area contributed by atoms with Gasteiger partial charge in [-0.15, -0.1) is 0 Å². The topological polar surface area (TPSA) is 49.5 Å². The summed E-state index contributed by atoms with van der Waals surface area (Å²) in [5, 5.41) is 9.70. The summed E-state index contributed by atoms with van der Waals surface area (Å²) in [7, 11) is 3.86. The van der Waals surface area contributed by atoms with Crippen LogP contribution in [-0.2, 0) is 0 Å². The maximum atomic E-state index is 9.70. The van der Waals surface area contributed by atoms with Crippen molar-refractivity contribution >= 4 is 5.69 Å². The van der Waals surface area contributed by atoms with Crippen molar-refractivity contribution in [3.05, 3.63) is 29.8 Å². The lowest BCUT2D eigenvalue weighted by molar-refractivity contribution is 0.138. The van der Waals surface area contributed by atoms with Crippen molar-refractivity contribution in [2.45, 2.75) is 6.10 Å². The second-order valence-corrected chi connectivity index (χ2v) is 3.44. The third-order valence-electron chi connectivity index (χ3n) is 1.86. The van der Waals surface area contributed by atoms with E-state index in [1.54, 1.807) is 12.1 Å². The van der Waals surface area contributed by atoms with E-state index in [2.05, 4.69) is 0 Å². The Balaban J connectivity index is 2.66. The minimum Gasteiger partial charge on any atom is -0.399 e. The lowest BCUT2D eigenvalue weighted by Gasteiger charge is -2.16. The summed E-state index contributed by atoms with van der Waals surface area (Å²) in [5.41, 5.74) is 7.16. The highest BCUT2D eigenvalue weighted by Crippen LogP contribution is 2.14. The maximum Gasteiger partial charge on any atom is 0.0916 e. The van der Waals surface area contributed by atoms with Crippen LogP contribution in [0.2, 0.25) is 0 Å². The number of aliphatic hydroxyl groups is 1. The molecule has 13 heavy (non-hydrogen) atoms. The summed E-state index contributed by atoms with van der Waals surface area (Å²) < 4.78 is 0. The van der Waals surface area contributed by atoms with Crippen LogP contribution in [0.3, 0.4) is 0 Å². The standard InChI is InChI=1S/C10H16N2O/c1-12(2)7-10(13)8-3-5-9(11)6-4-8/h3-6,10,13H,7,11H2,1-2H3/t10-/m1/s1. The Hall–Kier alpha value is -1.06. The van der Waals surface area contributed by atoms with Gasteiger partial charge in [0.1, 0.15) is 0 Å². The monoisotopic (exact) mass is 180 g/mol. The summed E-state index contributed by atoms with van der Waals surface area (Å²) in [6, 6.07) is 7.30. The number of hydrogen-bond donors (Lipinski definition) is 2. The molecule has 0 amide bonds. The first-order valence-electron chi connectivity index (χ1n) is 4.28. The Morgan fingerprint density at radius 3 is 2.31 bits per heavy atom. The molecule has 0 aliphatic heterocycles. The molecule has 0 saturated heterocycles. The molecule has 0 saturated carbocycles. The number of rotatable bonds is 3. The molecule has 72 valence electrons. The van der Waals surface area contributed by atoms with Gasteiger partial charge >= 0.3 is 0 Å². The SMILES string of the molecule is CN(C)C[C@@H](O)c1ccc(N)cc1. The fourth-order valence-electron chi connectivity index (χ4n) is 1.17. The molecular formula is C10H16N2O. The van der Waals surface area contributed by atoms with Crippen LogP contribution in [0.25, 0.3) is 0 Å². The molecule has 3 N–H and O–H groups in total. The molecule has 0 unspecified atom stereocenters. The van der Waals surface area contributed by atoms with Crippen molar-refractivity contribution in [2.75, 3.05) is 26.4 Å². The Kier molecular flexibility index (Phi) is 3.28. The second-order valence-electron chi connectivity index (χ2n) is 3.44. The summed E-state index contributed by atoms with van der Waals surface area (Å²) in [6.45, 7) is 0.629. The zero-order chi connectivity index (χ0) is 9.84. The van der Waals surface area contributed by atoms with E-state index in [1.165, 1.54) is 0 Å². The highest BCUT2D eigenvalue weighted by molar-refractivity contribution is 5.39. The average molecular weight is 180 g/mol. The fraction of sp³-hybridized carbons (Fsp3) is 0.400. The summed E-state index contributed by atoms with van der Waals surface area (Å²) >= 11 is 0. The normalized spacial score (nSPS) is 13.2. The van der Waals surface area contributed by atoms with Gasteiger partial charge in [-0.1, -0.05) is 12.1 Å². The number of nitrogens with two attached hydrogens (primary N) is 1. The lowest BCUT2D eigenvalue weighted by Crippen LogP contribution is -2.19. The van der Waals surface area contributed by atoms with Crippen molar-refractivity contribution in [3.8, 4) is 0 Å². The largest absolute Gasteiger partial charge is 0.399 e. The number of anilines is 1. The average Bonchev–Trinajstić information content (AvgIpc) is 2.04. The third-order valence-corrected chi connectivity index (χ3v) is 1.86. The number of benzene rings is 1. The molecule has 1 aromatic carbocycles. The summed E-state index contributed by atoms with van der Waals surface area (Å²) in [4.78, 5) is 1.95. The van der Waals surface area contributed by atoms with E-state index in [4.69, 9.17) is 5.73 Å². The smallest absolute Gasteiger partial charge is 0.0916 e. The zero-order valence-corrected chi connectivity index (χ0v) is 8.07.